The number of hydrazine groups is 1. The second kappa shape index (κ2) is 7.59. The predicted octanol–water partition coefficient (Wildman–Crippen LogP) is 4.18. The number of nitrogens with one attached hydrogen (secondary N) is 2. The van der Waals surface area contributed by atoms with E-state index < -0.39 is 22.7 Å². The Bertz CT molecular complexity index is 919. The minimum Gasteiger partial charge on any atom is -0.337 e. The third-order valence-electron chi connectivity index (χ3n) is 5.57. The fourth-order valence-electron chi connectivity index (χ4n) is 4.10. The first-order valence-electron chi connectivity index (χ1n) is 9.17. The SMILES string of the molecule is O=C(c1cccc(C(F)(F)F)c1Cl)N1CCC2C(C1)NNC2c1ccc(F)cc1. The Morgan fingerprint density at radius 3 is 2.52 bits per heavy atom. The first kappa shape index (κ1) is 20.1. The molecule has 154 valence electrons. The lowest BCUT2D eigenvalue weighted by atomic mass is 9.84. The molecular formula is C20H18ClF4N3O. The highest BCUT2D eigenvalue weighted by Gasteiger charge is 2.42. The molecule has 9 heteroatoms. The van der Waals surface area contributed by atoms with Gasteiger partial charge in [0, 0.05) is 19.1 Å². The second-order valence-electron chi connectivity index (χ2n) is 7.29. The van der Waals surface area contributed by atoms with Crippen LogP contribution in [0.25, 0.3) is 0 Å². The molecule has 2 aromatic rings. The van der Waals surface area contributed by atoms with Gasteiger partial charge in [-0.25, -0.2) is 9.82 Å². The van der Waals surface area contributed by atoms with E-state index in [1.807, 2.05) is 0 Å². The van der Waals surface area contributed by atoms with Crippen LogP contribution in [-0.2, 0) is 6.18 Å². The van der Waals surface area contributed by atoms with E-state index in [1.165, 1.54) is 29.2 Å². The van der Waals surface area contributed by atoms with Crippen LogP contribution in [0.15, 0.2) is 42.5 Å². The van der Waals surface area contributed by atoms with E-state index in [2.05, 4.69) is 10.9 Å². The molecule has 2 saturated heterocycles. The molecule has 0 spiro atoms. The van der Waals surface area contributed by atoms with Gasteiger partial charge in [0.25, 0.3) is 5.91 Å². The predicted molar refractivity (Wildman–Crippen MR) is 99.7 cm³/mol. The summed E-state index contributed by atoms with van der Waals surface area (Å²) in [6.45, 7) is 0.731. The smallest absolute Gasteiger partial charge is 0.337 e. The van der Waals surface area contributed by atoms with Crippen molar-refractivity contribution in [2.24, 2.45) is 5.92 Å². The van der Waals surface area contributed by atoms with Crippen LogP contribution in [0.3, 0.4) is 0 Å². The Balaban J connectivity index is 1.50. The van der Waals surface area contributed by atoms with Gasteiger partial charge in [-0.2, -0.15) is 13.2 Å². The molecule has 0 radical (unpaired) electrons. The van der Waals surface area contributed by atoms with Gasteiger partial charge in [-0.15, -0.1) is 0 Å². The Kier molecular flexibility index (Phi) is 5.27. The van der Waals surface area contributed by atoms with Gasteiger partial charge >= 0.3 is 6.18 Å². The highest BCUT2D eigenvalue weighted by molar-refractivity contribution is 6.34. The van der Waals surface area contributed by atoms with Gasteiger partial charge < -0.3 is 4.90 Å². The molecule has 1 amide bonds. The van der Waals surface area contributed by atoms with Crippen molar-refractivity contribution in [3.8, 4) is 0 Å². The molecule has 2 aromatic carbocycles. The lowest BCUT2D eigenvalue weighted by Crippen LogP contribution is -2.49. The van der Waals surface area contributed by atoms with Crippen molar-refractivity contribution in [1.82, 2.24) is 15.8 Å². The molecule has 0 saturated carbocycles. The van der Waals surface area contributed by atoms with E-state index in [-0.39, 0.29) is 29.4 Å². The standard InChI is InChI=1S/C20H18ClF4N3O/c21-17-14(2-1-3-15(17)20(23,24)25)19(29)28-9-8-13-16(10-28)26-27-18(13)11-4-6-12(22)7-5-11/h1-7,13,16,18,26-27H,8-10H2. The molecule has 29 heavy (non-hydrogen) atoms. The number of carbonyl (C=O) groups is 1. The molecular weight excluding hydrogens is 410 g/mol. The molecule has 0 bridgehead atoms. The quantitative estimate of drug-likeness (QED) is 0.707. The van der Waals surface area contributed by atoms with Crippen LogP contribution in [0.4, 0.5) is 17.6 Å². The summed E-state index contributed by atoms with van der Waals surface area (Å²) in [7, 11) is 0. The molecule has 2 N–H and O–H groups in total. The lowest BCUT2D eigenvalue weighted by Gasteiger charge is -2.36. The third-order valence-corrected chi connectivity index (χ3v) is 5.98. The van der Waals surface area contributed by atoms with E-state index in [9.17, 15) is 22.4 Å². The number of alkyl halides is 3. The normalized spacial score (nSPS) is 24.4. The number of carbonyl (C=O) groups excluding carboxylic acids is 1. The van der Waals surface area contributed by atoms with Crippen molar-refractivity contribution in [2.45, 2.75) is 24.7 Å². The third kappa shape index (κ3) is 3.84. The summed E-state index contributed by atoms with van der Waals surface area (Å²) in [5, 5.41) is -0.575. The summed E-state index contributed by atoms with van der Waals surface area (Å²) in [6.07, 6.45) is -3.98. The zero-order valence-electron chi connectivity index (χ0n) is 15.1. The Hall–Kier alpha value is -2.16. The number of amides is 1. The minimum absolute atomic E-state index is 0.0324. The van der Waals surface area contributed by atoms with Crippen LogP contribution in [-0.4, -0.2) is 29.9 Å². The molecule has 4 rings (SSSR count). The largest absolute Gasteiger partial charge is 0.417 e. The van der Waals surface area contributed by atoms with Crippen LogP contribution >= 0.6 is 11.6 Å². The number of hydrogen-bond acceptors (Lipinski definition) is 3. The van der Waals surface area contributed by atoms with Crippen LogP contribution < -0.4 is 10.9 Å². The maximum atomic E-state index is 13.2. The van der Waals surface area contributed by atoms with Gasteiger partial charge in [0.2, 0.25) is 0 Å². The lowest BCUT2D eigenvalue weighted by molar-refractivity contribution is -0.137. The van der Waals surface area contributed by atoms with Crippen LogP contribution in [0.1, 0.15) is 33.9 Å². The van der Waals surface area contributed by atoms with Crippen molar-refractivity contribution in [3.05, 3.63) is 70.0 Å². The minimum atomic E-state index is -4.63. The van der Waals surface area contributed by atoms with Crippen molar-refractivity contribution in [1.29, 1.82) is 0 Å². The van der Waals surface area contributed by atoms with Gasteiger partial charge in [0.1, 0.15) is 5.82 Å². The fourth-order valence-corrected chi connectivity index (χ4v) is 4.41. The highest BCUT2D eigenvalue weighted by Crippen LogP contribution is 2.38. The van der Waals surface area contributed by atoms with E-state index in [0.717, 1.165) is 11.6 Å². The summed E-state index contributed by atoms with van der Waals surface area (Å²) in [5.41, 5.74) is 6.11. The summed E-state index contributed by atoms with van der Waals surface area (Å²) in [6, 6.07) is 9.50. The molecule has 2 heterocycles. The number of likely N-dealkylation sites (tertiary alicyclic amines) is 1. The molecule has 0 aromatic heterocycles. The average molecular weight is 428 g/mol. The monoisotopic (exact) mass is 427 g/mol. The Morgan fingerprint density at radius 1 is 1.10 bits per heavy atom. The molecule has 4 nitrogen and oxygen atoms in total. The average Bonchev–Trinajstić information content (AvgIpc) is 3.10. The summed E-state index contributed by atoms with van der Waals surface area (Å²) < 4.78 is 52.4. The number of nitrogens with zero attached hydrogens (tertiary/aromatic N) is 1. The van der Waals surface area contributed by atoms with E-state index in [1.54, 1.807) is 12.1 Å². The van der Waals surface area contributed by atoms with Crippen molar-refractivity contribution in [3.63, 3.8) is 0 Å². The van der Waals surface area contributed by atoms with Crippen molar-refractivity contribution in [2.75, 3.05) is 13.1 Å². The topological polar surface area (TPSA) is 44.4 Å². The zero-order valence-corrected chi connectivity index (χ0v) is 15.9. The number of piperidine rings is 1. The van der Waals surface area contributed by atoms with Crippen LogP contribution in [0, 0.1) is 11.7 Å². The number of rotatable bonds is 2. The molecule has 2 aliphatic heterocycles. The van der Waals surface area contributed by atoms with Crippen LogP contribution in [0.5, 0.6) is 0 Å². The molecule has 2 aliphatic rings. The van der Waals surface area contributed by atoms with E-state index in [0.29, 0.717) is 19.5 Å². The number of fused-ring (bicyclic) bond motifs is 1. The Morgan fingerprint density at radius 2 is 1.83 bits per heavy atom. The van der Waals surface area contributed by atoms with Gasteiger partial charge in [0.05, 0.1) is 22.2 Å². The maximum absolute atomic E-state index is 13.2. The number of halogens is 5. The molecule has 3 unspecified atom stereocenters. The van der Waals surface area contributed by atoms with Gasteiger partial charge in [-0.05, 0) is 42.2 Å². The number of hydrogen-bond donors (Lipinski definition) is 2. The van der Waals surface area contributed by atoms with E-state index >= 15 is 0 Å². The first-order valence-corrected chi connectivity index (χ1v) is 9.55. The second-order valence-corrected chi connectivity index (χ2v) is 7.67. The zero-order chi connectivity index (χ0) is 20.8. The molecule has 2 fully saturated rings. The van der Waals surface area contributed by atoms with Gasteiger partial charge in [-0.3, -0.25) is 10.2 Å². The highest BCUT2D eigenvalue weighted by atomic mass is 35.5. The summed E-state index contributed by atoms with van der Waals surface area (Å²) in [4.78, 5) is 14.4. The van der Waals surface area contributed by atoms with Gasteiger partial charge in [0.15, 0.2) is 0 Å². The summed E-state index contributed by atoms with van der Waals surface area (Å²) >= 11 is 5.91. The fraction of sp³-hybridized carbons (Fsp3) is 0.350. The molecule has 0 aliphatic carbocycles. The van der Waals surface area contributed by atoms with Crippen molar-refractivity contribution < 1.29 is 22.4 Å². The van der Waals surface area contributed by atoms with Crippen molar-refractivity contribution >= 4 is 17.5 Å². The molecule has 3 atom stereocenters. The number of benzene rings is 2. The maximum Gasteiger partial charge on any atom is 0.417 e. The Labute approximate surface area is 169 Å². The van der Waals surface area contributed by atoms with E-state index in [4.69, 9.17) is 11.6 Å². The van der Waals surface area contributed by atoms with Crippen LogP contribution in [0.2, 0.25) is 5.02 Å². The van der Waals surface area contributed by atoms with Gasteiger partial charge in [-0.1, -0.05) is 29.8 Å². The first-order chi connectivity index (χ1) is 13.8. The summed E-state index contributed by atoms with van der Waals surface area (Å²) in [5.74, 6) is -0.664.